The van der Waals surface area contributed by atoms with Crippen molar-refractivity contribution < 1.29 is 9.50 Å². The van der Waals surface area contributed by atoms with Gasteiger partial charge in [0, 0.05) is 11.6 Å². The van der Waals surface area contributed by atoms with E-state index in [0.717, 1.165) is 18.4 Å². The molecule has 3 heteroatoms. The molecule has 0 heterocycles. The molecule has 1 fully saturated rings. The van der Waals surface area contributed by atoms with Gasteiger partial charge in [-0.2, -0.15) is 0 Å². The van der Waals surface area contributed by atoms with Gasteiger partial charge in [0.2, 0.25) is 0 Å². The molecule has 0 aromatic heterocycles. The maximum Gasteiger partial charge on any atom is 0.128 e. The zero-order valence-electron chi connectivity index (χ0n) is 7.91. The summed E-state index contributed by atoms with van der Waals surface area (Å²) in [6.45, 7) is -0.267. The number of aliphatic hydroxyl groups excluding tert-OH is 1. The lowest BCUT2D eigenvalue weighted by Gasteiger charge is -2.11. The van der Waals surface area contributed by atoms with Crippen LogP contribution in [0.1, 0.15) is 30.0 Å². The van der Waals surface area contributed by atoms with E-state index >= 15 is 0 Å². The fraction of sp³-hybridized carbons (Fsp3) is 0.455. The van der Waals surface area contributed by atoms with Gasteiger partial charge in [-0.1, -0.05) is 6.07 Å². The van der Waals surface area contributed by atoms with Crippen LogP contribution >= 0.6 is 0 Å². The van der Waals surface area contributed by atoms with E-state index < -0.39 is 0 Å². The first-order valence-corrected chi connectivity index (χ1v) is 4.87. The van der Waals surface area contributed by atoms with Crippen molar-refractivity contribution in [3.8, 4) is 0 Å². The lowest BCUT2D eigenvalue weighted by Crippen LogP contribution is -2.12. The van der Waals surface area contributed by atoms with E-state index in [1.807, 2.05) is 0 Å². The zero-order valence-corrected chi connectivity index (χ0v) is 7.91. The molecule has 3 N–H and O–H groups in total. The predicted octanol–water partition coefficient (Wildman–Crippen LogP) is 1.73. The summed E-state index contributed by atoms with van der Waals surface area (Å²) in [6.07, 6.45) is 2.32. The van der Waals surface area contributed by atoms with Crippen LogP contribution < -0.4 is 5.73 Å². The molecule has 1 atom stereocenters. The highest BCUT2D eigenvalue weighted by Crippen LogP contribution is 2.39. The summed E-state index contributed by atoms with van der Waals surface area (Å²) < 4.78 is 13.0. The lowest BCUT2D eigenvalue weighted by molar-refractivity contribution is 0.275. The minimum absolute atomic E-state index is 0.000833. The quantitative estimate of drug-likeness (QED) is 0.771. The summed E-state index contributed by atoms with van der Waals surface area (Å²) in [5.41, 5.74) is 7.23. The molecular weight excluding hydrogens is 181 g/mol. The standard InChI is InChI=1S/C11H14FNO/c12-10-4-3-8(5-9(10)6-14)11(13)7-1-2-7/h3-5,7,11,14H,1-2,6,13H2/t11-/m1/s1. The number of benzene rings is 1. The van der Waals surface area contributed by atoms with E-state index in [4.69, 9.17) is 10.8 Å². The van der Waals surface area contributed by atoms with Crippen LogP contribution in [0.5, 0.6) is 0 Å². The summed E-state index contributed by atoms with van der Waals surface area (Å²) in [4.78, 5) is 0. The summed E-state index contributed by atoms with van der Waals surface area (Å²) >= 11 is 0. The van der Waals surface area contributed by atoms with Gasteiger partial charge in [0.1, 0.15) is 5.82 Å². The maximum absolute atomic E-state index is 13.0. The van der Waals surface area contributed by atoms with Gasteiger partial charge >= 0.3 is 0 Å². The zero-order chi connectivity index (χ0) is 10.1. The molecule has 1 saturated carbocycles. The number of hydrogen-bond donors (Lipinski definition) is 2. The largest absolute Gasteiger partial charge is 0.392 e. The summed E-state index contributed by atoms with van der Waals surface area (Å²) in [7, 11) is 0. The van der Waals surface area contributed by atoms with Crippen molar-refractivity contribution in [1.82, 2.24) is 0 Å². The van der Waals surface area contributed by atoms with E-state index in [1.165, 1.54) is 6.07 Å². The fourth-order valence-corrected chi connectivity index (χ4v) is 1.65. The van der Waals surface area contributed by atoms with Gasteiger partial charge in [-0.05, 0) is 36.5 Å². The van der Waals surface area contributed by atoms with Crippen LogP contribution in [0.4, 0.5) is 4.39 Å². The molecule has 76 valence electrons. The van der Waals surface area contributed by atoms with Gasteiger partial charge in [0.25, 0.3) is 0 Å². The topological polar surface area (TPSA) is 46.2 Å². The second kappa shape index (κ2) is 3.67. The van der Waals surface area contributed by atoms with Crippen molar-refractivity contribution in [1.29, 1.82) is 0 Å². The van der Waals surface area contributed by atoms with E-state index in [-0.39, 0.29) is 18.5 Å². The van der Waals surface area contributed by atoms with Crippen molar-refractivity contribution in [2.75, 3.05) is 0 Å². The van der Waals surface area contributed by atoms with E-state index in [2.05, 4.69) is 0 Å². The molecule has 2 rings (SSSR count). The Balaban J connectivity index is 2.25. The second-order valence-corrected chi connectivity index (χ2v) is 3.87. The smallest absolute Gasteiger partial charge is 0.128 e. The van der Waals surface area contributed by atoms with Gasteiger partial charge in [0.05, 0.1) is 6.61 Å². The summed E-state index contributed by atoms with van der Waals surface area (Å²) in [6, 6.07) is 4.75. The Kier molecular flexibility index (Phi) is 2.52. The number of aliphatic hydroxyl groups is 1. The lowest BCUT2D eigenvalue weighted by atomic mass is 10.0. The third-order valence-corrected chi connectivity index (χ3v) is 2.75. The SMILES string of the molecule is N[C@@H](c1ccc(F)c(CO)c1)C1CC1. The van der Waals surface area contributed by atoms with Gasteiger partial charge in [-0.25, -0.2) is 4.39 Å². The van der Waals surface area contributed by atoms with Crippen LogP contribution in [0.2, 0.25) is 0 Å². The molecule has 1 aromatic carbocycles. The highest BCUT2D eigenvalue weighted by Gasteiger charge is 2.29. The molecule has 0 saturated heterocycles. The Hall–Kier alpha value is -0.930. The van der Waals surface area contributed by atoms with Gasteiger partial charge in [-0.15, -0.1) is 0 Å². The minimum atomic E-state index is -0.362. The molecule has 0 radical (unpaired) electrons. The molecule has 1 aromatic rings. The molecule has 0 spiro atoms. The first-order valence-electron chi connectivity index (χ1n) is 4.87. The average Bonchev–Trinajstić information content (AvgIpc) is 3.01. The van der Waals surface area contributed by atoms with E-state index in [0.29, 0.717) is 11.5 Å². The van der Waals surface area contributed by atoms with Crippen molar-refractivity contribution >= 4 is 0 Å². The first-order chi connectivity index (χ1) is 6.72. The molecular formula is C11H14FNO. The first kappa shape index (κ1) is 9.62. The van der Waals surface area contributed by atoms with Crippen LogP contribution in [0.25, 0.3) is 0 Å². The Morgan fingerprint density at radius 2 is 2.21 bits per heavy atom. The van der Waals surface area contributed by atoms with Crippen LogP contribution in [-0.2, 0) is 6.61 Å². The highest BCUT2D eigenvalue weighted by atomic mass is 19.1. The van der Waals surface area contributed by atoms with Crippen LogP contribution in [-0.4, -0.2) is 5.11 Å². The number of rotatable bonds is 3. The molecule has 1 aliphatic carbocycles. The maximum atomic E-state index is 13.0. The van der Waals surface area contributed by atoms with Crippen LogP contribution in [0.3, 0.4) is 0 Å². The van der Waals surface area contributed by atoms with E-state index in [9.17, 15) is 4.39 Å². The van der Waals surface area contributed by atoms with Gasteiger partial charge in [-0.3, -0.25) is 0 Å². The average molecular weight is 195 g/mol. The monoisotopic (exact) mass is 195 g/mol. The number of nitrogens with two attached hydrogens (primary N) is 1. The number of hydrogen-bond acceptors (Lipinski definition) is 2. The molecule has 2 nitrogen and oxygen atoms in total. The Morgan fingerprint density at radius 3 is 2.79 bits per heavy atom. The molecule has 0 unspecified atom stereocenters. The number of halogens is 1. The second-order valence-electron chi connectivity index (χ2n) is 3.87. The Labute approximate surface area is 82.5 Å². The predicted molar refractivity (Wildman–Crippen MR) is 52.0 cm³/mol. The Morgan fingerprint density at radius 1 is 1.50 bits per heavy atom. The Bertz CT molecular complexity index is 336. The van der Waals surface area contributed by atoms with E-state index in [1.54, 1.807) is 12.1 Å². The van der Waals surface area contributed by atoms with Crippen molar-refractivity contribution in [3.63, 3.8) is 0 Å². The molecule has 14 heavy (non-hydrogen) atoms. The van der Waals surface area contributed by atoms with Crippen molar-refractivity contribution in [3.05, 3.63) is 35.1 Å². The normalized spacial score (nSPS) is 18.2. The van der Waals surface area contributed by atoms with Crippen molar-refractivity contribution in [2.45, 2.75) is 25.5 Å². The van der Waals surface area contributed by atoms with Gasteiger partial charge < -0.3 is 10.8 Å². The molecule has 0 bridgehead atoms. The third-order valence-electron chi connectivity index (χ3n) is 2.75. The summed E-state index contributed by atoms with van der Waals surface area (Å²) in [5.74, 6) is 0.186. The highest BCUT2D eigenvalue weighted by molar-refractivity contribution is 5.28. The molecule has 0 amide bonds. The fourth-order valence-electron chi connectivity index (χ4n) is 1.65. The van der Waals surface area contributed by atoms with Crippen molar-refractivity contribution in [2.24, 2.45) is 11.7 Å². The van der Waals surface area contributed by atoms with Gasteiger partial charge in [0.15, 0.2) is 0 Å². The summed E-state index contributed by atoms with van der Waals surface area (Å²) in [5, 5.41) is 8.90. The van der Waals surface area contributed by atoms with Crippen LogP contribution in [0.15, 0.2) is 18.2 Å². The third kappa shape index (κ3) is 1.79. The molecule has 1 aliphatic rings. The van der Waals surface area contributed by atoms with Crippen LogP contribution in [0, 0.1) is 11.7 Å². The minimum Gasteiger partial charge on any atom is -0.392 e. The molecule has 0 aliphatic heterocycles.